The number of nitrogens with zero attached hydrogens (tertiary/aromatic N) is 2. The number of furan rings is 1. The predicted molar refractivity (Wildman–Crippen MR) is 82.2 cm³/mol. The fourth-order valence-corrected chi connectivity index (χ4v) is 2.47. The van der Waals surface area contributed by atoms with Gasteiger partial charge in [0.2, 0.25) is 0 Å². The second kappa shape index (κ2) is 6.81. The van der Waals surface area contributed by atoms with Crippen LogP contribution >= 0.6 is 11.6 Å². The normalized spacial score (nSPS) is 14.9. The smallest absolute Gasteiger partial charge is 0.287 e. The summed E-state index contributed by atoms with van der Waals surface area (Å²) < 4.78 is 10.4. The number of amides is 1. The van der Waals surface area contributed by atoms with Crippen molar-refractivity contribution in [3.63, 3.8) is 0 Å². The summed E-state index contributed by atoms with van der Waals surface area (Å²) in [7, 11) is 0. The topological polar surface area (TPSA) is 67.6 Å². The zero-order valence-electron chi connectivity index (χ0n) is 11.9. The molecular weight excluding hydrogens is 306 g/mol. The minimum atomic E-state index is -0.302. The van der Waals surface area contributed by atoms with E-state index in [2.05, 4.69) is 15.2 Å². The highest BCUT2D eigenvalue weighted by atomic mass is 35.5. The molecule has 2 aromatic heterocycles. The van der Waals surface area contributed by atoms with Crippen molar-refractivity contribution in [2.45, 2.75) is 6.54 Å². The zero-order valence-corrected chi connectivity index (χ0v) is 12.7. The fraction of sp³-hybridized carbons (Fsp3) is 0.333. The SMILES string of the molecule is O=C(NCc1cccnc1N1CCOCC1)c1ccc(Cl)o1. The van der Waals surface area contributed by atoms with Crippen molar-refractivity contribution >= 4 is 23.3 Å². The second-order valence-electron chi connectivity index (χ2n) is 4.87. The maximum atomic E-state index is 12.0. The lowest BCUT2D eigenvalue weighted by molar-refractivity contribution is 0.0923. The van der Waals surface area contributed by atoms with Gasteiger partial charge in [0.05, 0.1) is 13.2 Å². The van der Waals surface area contributed by atoms with Gasteiger partial charge in [0.25, 0.3) is 5.91 Å². The Hall–Kier alpha value is -2.05. The Morgan fingerprint density at radius 1 is 1.32 bits per heavy atom. The number of aromatic nitrogens is 1. The van der Waals surface area contributed by atoms with E-state index in [0.29, 0.717) is 19.8 Å². The Bertz CT molecular complexity index is 653. The maximum absolute atomic E-state index is 12.0. The van der Waals surface area contributed by atoms with Crippen LogP contribution in [-0.4, -0.2) is 37.2 Å². The lowest BCUT2D eigenvalue weighted by atomic mass is 10.2. The number of morpholine rings is 1. The Morgan fingerprint density at radius 3 is 2.86 bits per heavy atom. The molecule has 116 valence electrons. The number of hydrogen-bond donors (Lipinski definition) is 1. The van der Waals surface area contributed by atoms with Gasteiger partial charge in [-0.25, -0.2) is 4.98 Å². The van der Waals surface area contributed by atoms with Crippen LogP contribution in [0, 0.1) is 0 Å². The first-order chi connectivity index (χ1) is 10.7. The van der Waals surface area contributed by atoms with Crippen LogP contribution in [0.5, 0.6) is 0 Å². The van der Waals surface area contributed by atoms with Gasteiger partial charge in [-0.05, 0) is 29.8 Å². The number of carbonyl (C=O) groups is 1. The summed E-state index contributed by atoms with van der Waals surface area (Å²) in [5.41, 5.74) is 0.954. The van der Waals surface area contributed by atoms with Crippen LogP contribution in [-0.2, 0) is 11.3 Å². The summed E-state index contributed by atoms with van der Waals surface area (Å²) in [5.74, 6) is 0.772. The van der Waals surface area contributed by atoms with Crippen molar-refractivity contribution in [2.24, 2.45) is 0 Å². The molecule has 0 aliphatic carbocycles. The van der Waals surface area contributed by atoms with E-state index >= 15 is 0 Å². The number of ether oxygens (including phenoxy) is 1. The minimum Gasteiger partial charge on any atom is -0.440 e. The molecule has 1 amide bonds. The summed E-state index contributed by atoms with van der Waals surface area (Å²) in [6.07, 6.45) is 1.75. The molecule has 1 saturated heterocycles. The van der Waals surface area contributed by atoms with Crippen molar-refractivity contribution in [1.82, 2.24) is 10.3 Å². The first-order valence-corrected chi connectivity index (χ1v) is 7.42. The van der Waals surface area contributed by atoms with E-state index in [9.17, 15) is 4.79 Å². The third-order valence-electron chi connectivity index (χ3n) is 3.41. The molecule has 0 unspecified atom stereocenters. The van der Waals surface area contributed by atoms with Gasteiger partial charge < -0.3 is 19.4 Å². The standard InChI is InChI=1S/C15H16ClN3O3/c16-13-4-3-12(22-13)15(20)18-10-11-2-1-5-17-14(11)19-6-8-21-9-7-19/h1-5H,6-10H2,(H,18,20). The van der Waals surface area contributed by atoms with Crippen molar-refractivity contribution in [2.75, 3.05) is 31.2 Å². The number of carbonyl (C=O) groups excluding carboxylic acids is 1. The van der Waals surface area contributed by atoms with Crippen molar-refractivity contribution in [3.05, 3.63) is 47.0 Å². The van der Waals surface area contributed by atoms with Gasteiger partial charge in [0, 0.05) is 31.4 Å². The van der Waals surface area contributed by atoms with Crippen molar-refractivity contribution < 1.29 is 13.9 Å². The third-order valence-corrected chi connectivity index (χ3v) is 3.62. The summed E-state index contributed by atoms with van der Waals surface area (Å²) in [4.78, 5) is 18.6. The lowest BCUT2D eigenvalue weighted by Gasteiger charge is -2.29. The van der Waals surface area contributed by atoms with E-state index in [1.54, 1.807) is 18.3 Å². The van der Waals surface area contributed by atoms with E-state index in [-0.39, 0.29) is 16.9 Å². The van der Waals surface area contributed by atoms with Crippen molar-refractivity contribution in [3.8, 4) is 0 Å². The molecule has 1 aliphatic rings. The molecule has 0 saturated carbocycles. The average molecular weight is 322 g/mol. The number of nitrogens with one attached hydrogen (secondary N) is 1. The Balaban J connectivity index is 1.68. The molecular formula is C15H16ClN3O3. The summed E-state index contributed by atoms with van der Waals surface area (Å²) >= 11 is 5.67. The summed E-state index contributed by atoms with van der Waals surface area (Å²) in [6, 6.07) is 6.89. The molecule has 6 nitrogen and oxygen atoms in total. The maximum Gasteiger partial charge on any atom is 0.287 e. The van der Waals surface area contributed by atoms with Gasteiger partial charge >= 0.3 is 0 Å². The highest BCUT2D eigenvalue weighted by Crippen LogP contribution is 2.19. The van der Waals surface area contributed by atoms with E-state index < -0.39 is 0 Å². The highest BCUT2D eigenvalue weighted by Gasteiger charge is 2.17. The van der Waals surface area contributed by atoms with E-state index in [0.717, 1.165) is 24.5 Å². The molecule has 22 heavy (non-hydrogen) atoms. The molecule has 3 heterocycles. The molecule has 2 aromatic rings. The zero-order chi connectivity index (χ0) is 15.4. The van der Waals surface area contributed by atoms with Crippen LogP contribution in [0.3, 0.4) is 0 Å². The van der Waals surface area contributed by atoms with Gasteiger partial charge in [-0.3, -0.25) is 4.79 Å². The van der Waals surface area contributed by atoms with Crippen LogP contribution in [0.25, 0.3) is 0 Å². The largest absolute Gasteiger partial charge is 0.440 e. The molecule has 3 rings (SSSR count). The highest BCUT2D eigenvalue weighted by molar-refractivity contribution is 6.29. The molecule has 0 aromatic carbocycles. The average Bonchev–Trinajstić information content (AvgIpc) is 3.00. The number of hydrogen-bond acceptors (Lipinski definition) is 5. The second-order valence-corrected chi connectivity index (χ2v) is 5.24. The van der Waals surface area contributed by atoms with Crippen LogP contribution in [0.15, 0.2) is 34.9 Å². The molecule has 0 radical (unpaired) electrons. The fourth-order valence-electron chi connectivity index (χ4n) is 2.33. The first-order valence-electron chi connectivity index (χ1n) is 7.04. The molecule has 0 bridgehead atoms. The molecule has 1 fully saturated rings. The summed E-state index contributed by atoms with van der Waals surface area (Å²) in [6.45, 7) is 3.34. The van der Waals surface area contributed by atoms with Gasteiger partial charge in [-0.2, -0.15) is 0 Å². The van der Waals surface area contributed by atoms with E-state index in [4.69, 9.17) is 20.8 Å². The van der Waals surface area contributed by atoms with Crippen LogP contribution in [0.1, 0.15) is 16.1 Å². The molecule has 0 spiro atoms. The number of pyridine rings is 1. The summed E-state index contributed by atoms with van der Waals surface area (Å²) in [5, 5.41) is 3.01. The Labute approximate surface area is 133 Å². The van der Waals surface area contributed by atoms with E-state index in [1.165, 1.54) is 0 Å². The minimum absolute atomic E-state index is 0.195. The van der Waals surface area contributed by atoms with Crippen LogP contribution in [0.4, 0.5) is 5.82 Å². The molecule has 1 aliphatic heterocycles. The van der Waals surface area contributed by atoms with Crippen molar-refractivity contribution in [1.29, 1.82) is 0 Å². The Morgan fingerprint density at radius 2 is 2.14 bits per heavy atom. The van der Waals surface area contributed by atoms with Crippen LogP contribution < -0.4 is 10.2 Å². The molecule has 1 N–H and O–H groups in total. The predicted octanol–water partition coefficient (Wildman–Crippen LogP) is 2.09. The quantitative estimate of drug-likeness (QED) is 0.934. The van der Waals surface area contributed by atoms with Gasteiger partial charge in [0.1, 0.15) is 5.82 Å². The van der Waals surface area contributed by atoms with Gasteiger partial charge in [-0.1, -0.05) is 6.07 Å². The molecule has 7 heteroatoms. The number of anilines is 1. The van der Waals surface area contributed by atoms with E-state index in [1.807, 2.05) is 12.1 Å². The lowest BCUT2D eigenvalue weighted by Crippen LogP contribution is -2.37. The van der Waals surface area contributed by atoms with Crippen LogP contribution in [0.2, 0.25) is 5.22 Å². The molecule has 0 atom stereocenters. The number of rotatable bonds is 4. The van der Waals surface area contributed by atoms with Gasteiger partial charge in [0.15, 0.2) is 11.0 Å². The monoisotopic (exact) mass is 321 g/mol. The third kappa shape index (κ3) is 3.40. The first kappa shape index (κ1) is 14.9. The van der Waals surface area contributed by atoms with Gasteiger partial charge in [-0.15, -0.1) is 0 Å². The number of halogens is 1. The Kier molecular flexibility index (Phi) is 4.60.